The van der Waals surface area contributed by atoms with E-state index in [1.54, 1.807) is 11.3 Å². The molecule has 5 heteroatoms. The molecule has 1 aliphatic carbocycles. The molecular formula is C17H27N3OS. The van der Waals surface area contributed by atoms with Gasteiger partial charge in [-0.05, 0) is 39.7 Å². The van der Waals surface area contributed by atoms with Crippen LogP contribution < -0.4 is 0 Å². The lowest BCUT2D eigenvalue weighted by Crippen LogP contribution is -2.35. The van der Waals surface area contributed by atoms with Crippen LogP contribution in [0, 0.1) is 19.8 Å². The molecule has 1 saturated carbocycles. The summed E-state index contributed by atoms with van der Waals surface area (Å²) in [5.74, 6) is 0.877. The van der Waals surface area contributed by atoms with Gasteiger partial charge in [0.15, 0.2) is 0 Å². The highest BCUT2D eigenvalue weighted by Crippen LogP contribution is 2.30. The molecule has 1 aliphatic heterocycles. The Labute approximate surface area is 137 Å². The minimum absolute atomic E-state index is 0.384. The third-order valence-electron chi connectivity index (χ3n) is 4.99. The Balaban J connectivity index is 1.52. The van der Waals surface area contributed by atoms with Crippen LogP contribution in [0.15, 0.2) is 0 Å². The van der Waals surface area contributed by atoms with Gasteiger partial charge in [-0.3, -0.25) is 4.79 Å². The zero-order chi connectivity index (χ0) is 15.7. The van der Waals surface area contributed by atoms with Gasteiger partial charge in [-0.1, -0.05) is 12.8 Å². The number of thiazole rings is 1. The molecule has 0 unspecified atom stereocenters. The molecule has 1 amide bonds. The first-order valence-electron chi connectivity index (χ1n) is 8.44. The van der Waals surface area contributed by atoms with Crippen molar-refractivity contribution in [3.63, 3.8) is 0 Å². The van der Waals surface area contributed by atoms with Gasteiger partial charge in [0.05, 0.1) is 10.7 Å². The van der Waals surface area contributed by atoms with Crippen molar-refractivity contribution in [1.29, 1.82) is 0 Å². The van der Waals surface area contributed by atoms with Gasteiger partial charge in [0, 0.05) is 37.0 Å². The molecule has 2 fully saturated rings. The molecule has 1 aromatic rings. The number of likely N-dealkylation sites (tertiary alicyclic amines) is 1. The van der Waals surface area contributed by atoms with Gasteiger partial charge in [0.1, 0.15) is 0 Å². The SMILES string of the molecule is Cc1nc(C)c(CN(C)C[C@H]2CC(=O)N(C3CCCC3)C2)s1. The fraction of sp³-hybridized carbons (Fsp3) is 0.765. The Morgan fingerprint density at radius 1 is 1.32 bits per heavy atom. The first-order valence-corrected chi connectivity index (χ1v) is 9.25. The maximum absolute atomic E-state index is 12.3. The van der Waals surface area contributed by atoms with Crippen molar-refractivity contribution < 1.29 is 4.79 Å². The van der Waals surface area contributed by atoms with E-state index in [0.717, 1.165) is 36.8 Å². The second-order valence-electron chi connectivity index (χ2n) is 6.99. The number of carbonyl (C=O) groups is 1. The largest absolute Gasteiger partial charge is 0.339 e. The van der Waals surface area contributed by atoms with Crippen LogP contribution in [0.25, 0.3) is 0 Å². The summed E-state index contributed by atoms with van der Waals surface area (Å²) in [6.45, 7) is 7.08. The van der Waals surface area contributed by atoms with Gasteiger partial charge in [0.25, 0.3) is 0 Å². The van der Waals surface area contributed by atoms with Crippen LogP contribution in [0.4, 0.5) is 0 Å². The summed E-state index contributed by atoms with van der Waals surface area (Å²) >= 11 is 1.79. The van der Waals surface area contributed by atoms with E-state index in [1.807, 2.05) is 0 Å². The summed E-state index contributed by atoms with van der Waals surface area (Å²) in [5.41, 5.74) is 1.16. The minimum atomic E-state index is 0.384. The minimum Gasteiger partial charge on any atom is -0.339 e. The van der Waals surface area contributed by atoms with Crippen molar-refractivity contribution in [3.05, 3.63) is 15.6 Å². The second-order valence-corrected chi connectivity index (χ2v) is 8.28. The molecule has 4 nitrogen and oxygen atoms in total. The highest BCUT2D eigenvalue weighted by Gasteiger charge is 2.35. The fourth-order valence-corrected chi connectivity index (χ4v) is 4.99. The molecule has 0 spiro atoms. The quantitative estimate of drug-likeness (QED) is 0.836. The summed E-state index contributed by atoms with van der Waals surface area (Å²) in [7, 11) is 2.16. The molecule has 3 rings (SSSR count). The molecule has 1 saturated heterocycles. The number of hydrogen-bond acceptors (Lipinski definition) is 4. The smallest absolute Gasteiger partial charge is 0.223 e. The Morgan fingerprint density at radius 3 is 2.68 bits per heavy atom. The highest BCUT2D eigenvalue weighted by molar-refractivity contribution is 7.11. The van der Waals surface area contributed by atoms with Crippen molar-refractivity contribution in [3.8, 4) is 0 Å². The van der Waals surface area contributed by atoms with Gasteiger partial charge in [0.2, 0.25) is 5.91 Å². The van der Waals surface area contributed by atoms with Gasteiger partial charge in [-0.25, -0.2) is 4.98 Å². The first-order chi connectivity index (χ1) is 10.5. The van der Waals surface area contributed by atoms with E-state index in [4.69, 9.17) is 0 Å². The maximum Gasteiger partial charge on any atom is 0.223 e. The third-order valence-corrected chi connectivity index (χ3v) is 6.04. The highest BCUT2D eigenvalue weighted by atomic mass is 32.1. The standard InChI is InChI=1S/C17H27N3OS/c1-12-16(22-13(2)18-12)11-19(3)9-14-8-17(21)20(10-14)15-6-4-5-7-15/h14-15H,4-11H2,1-3H3/t14-/m1/s1. The first kappa shape index (κ1) is 15.9. The predicted molar refractivity (Wildman–Crippen MR) is 90.0 cm³/mol. The number of carbonyl (C=O) groups excluding carboxylic acids is 1. The molecule has 2 heterocycles. The van der Waals surface area contributed by atoms with Crippen LogP contribution in [-0.4, -0.2) is 46.9 Å². The van der Waals surface area contributed by atoms with Crippen LogP contribution in [0.2, 0.25) is 0 Å². The van der Waals surface area contributed by atoms with Crippen LogP contribution in [0.5, 0.6) is 0 Å². The Kier molecular flexibility index (Phi) is 4.83. The number of amides is 1. The van der Waals surface area contributed by atoms with E-state index >= 15 is 0 Å². The van der Waals surface area contributed by atoms with Crippen molar-refractivity contribution in [2.45, 2.75) is 58.5 Å². The maximum atomic E-state index is 12.3. The molecule has 22 heavy (non-hydrogen) atoms. The van der Waals surface area contributed by atoms with Crippen LogP contribution in [0.1, 0.15) is 47.7 Å². The summed E-state index contributed by atoms with van der Waals surface area (Å²) in [6.07, 6.45) is 5.76. The average molecular weight is 321 g/mol. The van der Waals surface area contributed by atoms with Gasteiger partial charge in [-0.15, -0.1) is 11.3 Å². The van der Waals surface area contributed by atoms with Crippen molar-refractivity contribution in [2.75, 3.05) is 20.1 Å². The zero-order valence-electron chi connectivity index (χ0n) is 14.0. The molecule has 2 aliphatic rings. The van der Waals surface area contributed by atoms with E-state index in [0.29, 0.717) is 17.9 Å². The summed E-state index contributed by atoms with van der Waals surface area (Å²) in [5, 5.41) is 1.14. The van der Waals surface area contributed by atoms with Crippen molar-refractivity contribution in [1.82, 2.24) is 14.8 Å². The molecule has 1 atom stereocenters. The molecule has 1 aromatic heterocycles. The number of nitrogens with zero attached hydrogens (tertiary/aromatic N) is 3. The average Bonchev–Trinajstić information content (AvgIpc) is 3.12. The molecule has 0 aromatic carbocycles. The molecule has 122 valence electrons. The second kappa shape index (κ2) is 6.67. The summed E-state index contributed by atoms with van der Waals surface area (Å²) < 4.78 is 0. The van der Waals surface area contributed by atoms with Crippen LogP contribution in [-0.2, 0) is 11.3 Å². The van der Waals surface area contributed by atoms with Gasteiger partial charge >= 0.3 is 0 Å². The predicted octanol–water partition coefficient (Wildman–Crippen LogP) is 2.98. The van der Waals surface area contributed by atoms with E-state index in [9.17, 15) is 4.79 Å². The number of aromatic nitrogens is 1. The zero-order valence-corrected chi connectivity index (χ0v) is 14.8. The molecule has 0 bridgehead atoms. The number of hydrogen-bond donors (Lipinski definition) is 0. The van der Waals surface area contributed by atoms with Crippen molar-refractivity contribution in [2.24, 2.45) is 5.92 Å². The lowest BCUT2D eigenvalue weighted by molar-refractivity contribution is -0.129. The Bertz CT molecular complexity index is 536. The third kappa shape index (κ3) is 3.51. The van der Waals surface area contributed by atoms with Crippen LogP contribution >= 0.6 is 11.3 Å². The van der Waals surface area contributed by atoms with E-state index in [2.05, 4.69) is 35.7 Å². The van der Waals surface area contributed by atoms with E-state index in [-0.39, 0.29) is 0 Å². The molecule has 0 radical (unpaired) electrons. The monoisotopic (exact) mass is 321 g/mol. The summed E-state index contributed by atoms with van der Waals surface area (Å²) in [6, 6.07) is 0.536. The van der Waals surface area contributed by atoms with Crippen molar-refractivity contribution >= 4 is 17.2 Å². The normalized spacial score (nSPS) is 23.2. The Morgan fingerprint density at radius 2 is 2.05 bits per heavy atom. The van der Waals surface area contributed by atoms with E-state index in [1.165, 1.54) is 30.6 Å². The Hall–Kier alpha value is -0.940. The molecule has 0 N–H and O–H groups in total. The number of rotatable bonds is 5. The van der Waals surface area contributed by atoms with E-state index < -0.39 is 0 Å². The fourth-order valence-electron chi connectivity index (χ4n) is 3.97. The lowest BCUT2D eigenvalue weighted by Gasteiger charge is -2.25. The lowest BCUT2D eigenvalue weighted by atomic mass is 10.1. The number of aryl methyl sites for hydroxylation is 2. The topological polar surface area (TPSA) is 36.4 Å². The van der Waals surface area contributed by atoms with Gasteiger partial charge < -0.3 is 9.80 Å². The summed E-state index contributed by atoms with van der Waals surface area (Å²) in [4.78, 5) is 22.7. The van der Waals surface area contributed by atoms with Gasteiger partial charge in [-0.2, -0.15) is 0 Å². The molecular weight excluding hydrogens is 294 g/mol. The van der Waals surface area contributed by atoms with Crippen LogP contribution in [0.3, 0.4) is 0 Å².